The van der Waals surface area contributed by atoms with Crippen molar-refractivity contribution in [1.82, 2.24) is 20.2 Å². The number of tetrazole rings is 1. The number of halogens is 1. The molecule has 1 aromatic carbocycles. The Hall–Kier alpha value is -1.82. The Bertz CT molecular complexity index is 542. The number of methoxy groups -OCH3 is 2. The smallest absolute Gasteiger partial charge is 0.174 e. The van der Waals surface area contributed by atoms with E-state index in [1.165, 1.54) is 0 Å². The molecule has 2 aromatic rings. The zero-order chi connectivity index (χ0) is 13.1. The van der Waals surface area contributed by atoms with E-state index >= 15 is 0 Å². The molecular formula is C11H13ClN4O2. The summed E-state index contributed by atoms with van der Waals surface area (Å²) in [6.45, 7) is 1.81. The third-order valence-corrected chi connectivity index (χ3v) is 2.66. The molecule has 2 rings (SSSR count). The number of nitrogens with zero attached hydrogens (tertiary/aromatic N) is 4. The third-order valence-electron chi connectivity index (χ3n) is 2.46. The van der Waals surface area contributed by atoms with Gasteiger partial charge in [0, 0.05) is 6.07 Å². The fourth-order valence-corrected chi connectivity index (χ4v) is 1.72. The van der Waals surface area contributed by atoms with Gasteiger partial charge in [0.25, 0.3) is 0 Å². The molecule has 0 N–H and O–H groups in total. The van der Waals surface area contributed by atoms with E-state index in [0.717, 1.165) is 5.69 Å². The maximum Gasteiger partial charge on any atom is 0.174 e. The molecule has 1 aromatic heterocycles. The first kappa shape index (κ1) is 12.6. The minimum Gasteiger partial charge on any atom is -0.493 e. The summed E-state index contributed by atoms with van der Waals surface area (Å²) in [6.07, 6.45) is 0. The molecule has 7 heteroatoms. The summed E-state index contributed by atoms with van der Waals surface area (Å²) >= 11 is 6.01. The van der Waals surface area contributed by atoms with E-state index in [9.17, 15) is 0 Å². The minimum absolute atomic E-state index is 0.284. The molecule has 18 heavy (non-hydrogen) atoms. The van der Waals surface area contributed by atoms with Gasteiger partial charge in [-0.3, -0.25) is 0 Å². The van der Waals surface area contributed by atoms with Crippen LogP contribution in [0.25, 0.3) is 5.69 Å². The molecule has 1 atom stereocenters. The van der Waals surface area contributed by atoms with Gasteiger partial charge in [-0.15, -0.1) is 16.7 Å². The summed E-state index contributed by atoms with van der Waals surface area (Å²) in [5.74, 6) is 1.83. The lowest BCUT2D eigenvalue weighted by molar-refractivity contribution is 0.354. The van der Waals surface area contributed by atoms with Crippen LogP contribution in [-0.4, -0.2) is 34.4 Å². The Kier molecular flexibility index (Phi) is 3.66. The fourth-order valence-electron chi connectivity index (χ4n) is 1.58. The SMILES string of the molecule is COc1ccc(-n2nnnc2C(C)Cl)cc1OC. The predicted molar refractivity (Wildman–Crippen MR) is 66.5 cm³/mol. The van der Waals surface area contributed by atoms with Crippen molar-refractivity contribution in [3.8, 4) is 17.2 Å². The van der Waals surface area contributed by atoms with E-state index < -0.39 is 0 Å². The molecule has 96 valence electrons. The number of aromatic nitrogens is 4. The van der Waals surface area contributed by atoms with Crippen molar-refractivity contribution in [3.63, 3.8) is 0 Å². The molecule has 0 fully saturated rings. The quantitative estimate of drug-likeness (QED) is 0.794. The topological polar surface area (TPSA) is 62.1 Å². The number of alkyl halides is 1. The normalized spacial score (nSPS) is 12.2. The van der Waals surface area contributed by atoms with Crippen molar-refractivity contribution in [2.45, 2.75) is 12.3 Å². The van der Waals surface area contributed by atoms with E-state index in [1.54, 1.807) is 31.0 Å². The Balaban J connectivity index is 2.48. The average molecular weight is 269 g/mol. The van der Waals surface area contributed by atoms with Gasteiger partial charge < -0.3 is 9.47 Å². The summed E-state index contributed by atoms with van der Waals surface area (Å²) in [5.41, 5.74) is 0.764. The van der Waals surface area contributed by atoms with E-state index in [-0.39, 0.29) is 5.38 Å². The van der Waals surface area contributed by atoms with Gasteiger partial charge in [0.2, 0.25) is 0 Å². The van der Waals surface area contributed by atoms with Gasteiger partial charge in [-0.1, -0.05) is 0 Å². The molecular weight excluding hydrogens is 256 g/mol. The maximum atomic E-state index is 6.01. The van der Waals surface area contributed by atoms with Gasteiger partial charge in [0.1, 0.15) is 0 Å². The zero-order valence-electron chi connectivity index (χ0n) is 10.3. The van der Waals surface area contributed by atoms with Gasteiger partial charge in [0.05, 0.1) is 25.3 Å². The number of hydrogen-bond acceptors (Lipinski definition) is 5. The molecule has 0 bridgehead atoms. The highest BCUT2D eigenvalue weighted by Gasteiger charge is 2.15. The van der Waals surface area contributed by atoms with Crippen LogP contribution in [0.3, 0.4) is 0 Å². The van der Waals surface area contributed by atoms with Crippen LogP contribution >= 0.6 is 11.6 Å². The van der Waals surface area contributed by atoms with Crippen molar-refractivity contribution in [2.75, 3.05) is 14.2 Å². The highest BCUT2D eigenvalue weighted by Crippen LogP contribution is 2.30. The molecule has 0 aliphatic carbocycles. The highest BCUT2D eigenvalue weighted by molar-refractivity contribution is 6.20. The molecule has 6 nitrogen and oxygen atoms in total. The second-order valence-electron chi connectivity index (χ2n) is 3.60. The molecule has 0 saturated carbocycles. The Morgan fingerprint density at radius 2 is 1.94 bits per heavy atom. The summed E-state index contributed by atoms with van der Waals surface area (Å²) < 4.78 is 12.0. The molecule has 0 aliphatic rings. The average Bonchev–Trinajstić information content (AvgIpc) is 2.87. The van der Waals surface area contributed by atoms with Gasteiger partial charge in [-0.05, 0) is 29.5 Å². The predicted octanol–water partition coefficient (Wildman–Crippen LogP) is 1.98. The van der Waals surface area contributed by atoms with Crippen LogP contribution < -0.4 is 9.47 Å². The van der Waals surface area contributed by atoms with Crippen LogP contribution in [-0.2, 0) is 0 Å². The number of ether oxygens (including phenoxy) is 2. The van der Waals surface area contributed by atoms with Crippen molar-refractivity contribution in [2.24, 2.45) is 0 Å². The number of hydrogen-bond donors (Lipinski definition) is 0. The number of rotatable bonds is 4. The monoisotopic (exact) mass is 268 g/mol. The van der Waals surface area contributed by atoms with E-state index in [1.807, 2.05) is 13.0 Å². The van der Waals surface area contributed by atoms with Gasteiger partial charge in [-0.25, -0.2) is 0 Å². The van der Waals surface area contributed by atoms with Gasteiger partial charge in [-0.2, -0.15) is 4.68 Å². The standard InChI is InChI=1S/C11H13ClN4O2/c1-7(12)11-13-14-15-16(11)8-4-5-9(17-2)10(6-8)18-3/h4-7H,1-3H3. The summed E-state index contributed by atoms with van der Waals surface area (Å²) in [7, 11) is 3.16. The van der Waals surface area contributed by atoms with Crippen LogP contribution in [0.15, 0.2) is 18.2 Å². The first-order valence-corrected chi connectivity index (χ1v) is 5.75. The Labute approximate surface area is 109 Å². The lowest BCUT2D eigenvalue weighted by atomic mass is 10.2. The first-order chi connectivity index (χ1) is 8.67. The van der Waals surface area contributed by atoms with Gasteiger partial charge >= 0.3 is 0 Å². The molecule has 0 radical (unpaired) electrons. The molecule has 0 aliphatic heterocycles. The van der Waals surface area contributed by atoms with Gasteiger partial charge in [0.15, 0.2) is 17.3 Å². The number of benzene rings is 1. The highest BCUT2D eigenvalue weighted by atomic mass is 35.5. The Morgan fingerprint density at radius 3 is 2.56 bits per heavy atom. The minimum atomic E-state index is -0.284. The van der Waals surface area contributed by atoms with E-state index in [0.29, 0.717) is 17.3 Å². The third kappa shape index (κ3) is 2.24. The summed E-state index contributed by atoms with van der Waals surface area (Å²) in [4.78, 5) is 0. The first-order valence-electron chi connectivity index (χ1n) is 5.32. The molecule has 0 amide bonds. The Morgan fingerprint density at radius 1 is 1.22 bits per heavy atom. The van der Waals surface area contributed by atoms with Crippen LogP contribution in [0.2, 0.25) is 0 Å². The lowest BCUT2D eigenvalue weighted by Crippen LogP contribution is -2.04. The van der Waals surface area contributed by atoms with Crippen LogP contribution in [0.1, 0.15) is 18.1 Å². The summed E-state index contributed by atoms with van der Waals surface area (Å²) in [6, 6.07) is 5.41. The second-order valence-corrected chi connectivity index (χ2v) is 4.26. The molecule has 0 saturated heterocycles. The van der Waals surface area contributed by atoms with Crippen molar-refractivity contribution < 1.29 is 9.47 Å². The van der Waals surface area contributed by atoms with Crippen LogP contribution in [0.5, 0.6) is 11.5 Å². The summed E-state index contributed by atoms with van der Waals surface area (Å²) in [5, 5.41) is 11.1. The zero-order valence-corrected chi connectivity index (χ0v) is 11.0. The molecule has 1 heterocycles. The largest absolute Gasteiger partial charge is 0.493 e. The maximum absolute atomic E-state index is 6.01. The van der Waals surface area contributed by atoms with Crippen molar-refractivity contribution in [1.29, 1.82) is 0 Å². The molecule has 1 unspecified atom stereocenters. The van der Waals surface area contributed by atoms with Crippen molar-refractivity contribution >= 4 is 11.6 Å². The van der Waals surface area contributed by atoms with Crippen LogP contribution in [0.4, 0.5) is 0 Å². The lowest BCUT2D eigenvalue weighted by Gasteiger charge is -2.10. The fraction of sp³-hybridized carbons (Fsp3) is 0.364. The van der Waals surface area contributed by atoms with E-state index in [4.69, 9.17) is 21.1 Å². The van der Waals surface area contributed by atoms with Crippen LogP contribution in [0, 0.1) is 0 Å². The van der Waals surface area contributed by atoms with Crippen molar-refractivity contribution in [3.05, 3.63) is 24.0 Å². The second kappa shape index (κ2) is 5.22. The van der Waals surface area contributed by atoms with E-state index in [2.05, 4.69) is 15.5 Å². The molecule has 0 spiro atoms.